The number of aliphatic hydroxyl groups is 1. The molecule has 6 rings (SSSR count). The number of hydrogen-bond acceptors (Lipinski definition) is 12. The van der Waals surface area contributed by atoms with Crippen LogP contribution < -0.4 is 10.1 Å². The van der Waals surface area contributed by atoms with E-state index in [1.807, 2.05) is 17.0 Å². The minimum atomic E-state index is -0.419. The van der Waals surface area contributed by atoms with Crippen LogP contribution in [0, 0.1) is 5.92 Å². The number of amides is 2. The van der Waals surface area contributed by atoms with Gasteiger partial charge in [0.25, 0.3) is 0 Å². The average Bonchev–Trinajstić information content (AvgIpc) is 3.66. The molecule has 2 N–H and O–H groups in total. The molecule has 3 aliphatic rings. The van der Waals surface area contributed by atoms with E-state index in [4.69, 9.17) is 18.9 Å². The van der Waals surface area contributed by atoms with Crippen molar-refractivity contribution >= 4 is 38.5 Å². The van der Waals surface area contributed by atoms with Crippen LogP contribution in [-0.2, 0) is 30.4 Å². The van der Waals surface area contributed by atoms with Crippen molar-refractivity contribution in [3.63, 3.8) is 0 Å². The molecule has 1 saturated heterocycles. The van der Waals surface area contributed by atoms with E-state index >= 15 is 0 Å². The maximum atomic E-state index is 13.2. The van der Waals surface area contributed by atoms with Gasteiger partial charge in [-0.05, 0) is 51.2 Å². The number of nitrogens with one attached hydrogen (secondary N) is 1. The molecule has 3 atom stereocenters. The molecule has 2 aromatic heterocycles. The molecular formula is C33H44N6O7S. The maximum absolute atomic E-state index is 13.2. The lowest BCUT2D eigenvalue weighted by Gasteiger charge is -2.49. The van der Waals surface area contributed by atoms with Crippen molar-refractivity contribution < 1.29 is 33.6 Å². The molecule has 2 amide bonds. The number of carbonyl (C=O) groups is 2. The molecule has 2 saturated carbocycles. The molecule has 254 valence electrons. The van der Waals surface area contributed by atoms with E-state index in [1.165, 1.54) is 11.3 Å². The summed E-state index contributed by atoms with van der Waals surface area (Å²) < 4.78 is 22.8. The van der Waals surface area contributed by atoms with Gasteiger partial charge in [-0.15, -0.1) is 0 Å². The lowest BCUT2D eigenvalue weighted by Crippen LogP contribution is -2.60. The Kier molecular flexibility index (Phi) is 10.9. The van der Waals surface area contributed by atoms with Crippen LogP contribution in [0.25, 0.3) is 21.3 Å². The number of anilines is 1. The van der Waals surface area contributed by atoms with E-state index < -0.39 is 6.10 Å². The Labute approximate surface area is 278 Å². The molecule has 0 unspecified atom stereocenters. The SMILES string of the molecule is COCCOCC(=O)N1CCN(C2CC(C(=O)Nc3nc4ccc(-c5cnc(CO[C@H]6CCC[C@@H]6O)nc5)c(OC)c4s3)C2)[C@@H](C)C1. The largest absolute Gasteiger partial charge is 0.495 e. The molecule has 3 heterocycles. The number of fused-ring (bicyclic) bond motifs is 1. The van der Waals surface area contributed by atoms with Gasteiger partial charge in [0.1, 0.15) is 19.0 Å². The summed E-state index contributed by atoms with van der Waals surface area (Å²) in [4.78, 5) is 43.6. The van der Waals surface area contributed by atoms with Gasteiger partial charge in [-0.3, -0.25) is 14.5 Å². The van der Waals surface area contributed by atoms with Crippen molar-refractivity contribution in [2.24, 2.45) is 5.92 Å². The summed E-state index contributed by atoms with van der Waals surface area (Å²) in [6.45, 7) is 5.45. The second-order valence-corrected chi connectivity index (χ2v) is 13.5. The Morgan fingerprint density at radius 3 is 2.62 bits per heavy atom. The van der Waals surface area contributed by atoms with E-state index in [9.17, 15) is 14.7 Å². The van der Waals surface area contributed by atoms with Crippen molar-refractivity contribution in [3.05, 3.63) is 30.4 Å². The van der Waals surface area contributed by atoms with Gasteiger partial charge < -0.3 is 34.3 Å². The van der Waals surface area contributed by atoms with Gasteiger partial charge in [-0.2, -0.15) is 0 Å². The zero-order valence-corrected chi connectivity index (χ0v) is 28.0. The first kappa shape index (κ1) is 33.6. The number of hydrogen-bond donors (Lipinski definition) is 2. The first-order valence-electron chi connectivity index (χ1n) is 16.3. The molecule has 0 bridgehead atoms. The lowest BCUT2D eigenvalue weighted by atomic mass is 9.78. The Balaban J connectivity index is 1.01. The van der Waals surface area contributed by atoms with Gasteiger partial charge in [0.05, 0.1) is 42.7 Å². The Morgan fingerprint density at radius 2 is 1.91 bits per heavy atom. The Bertz CT molecular complexity index is 1530. The summed E-state index contributed by atoms with van der Waals surface area (Å²) in [6, 6.07) is 4.38. The van der Waals surface area contributed by atoms with Crippen LogP contribution in [0.4, 0.5) is 5.13 Å². The van der Waals surface area contributed by atoms with Crippen LogP contribution in [-0.4, -0.2) is 120 Å². The highest BCUT2D eigenvalue weighted by atomic mass is 32.1. The fraction of sp³-hybridized carbons (Fsp3) is 0.606. The number of methoxy groups -OCH3 is 2. The minimum Gasteiger partial charge on any atom is -0.495 e. The topological polar surface area (TPSA) is 148 Å². The summed E-state index contributed by atoms with van der Waals surface area (Å²) >= 11 is 1.39. The summed E-state index contributed by atoms with van der Waals surface area (Å²) in [7, 11) is 3.23. The number of piperazine rings is 1. The number of nitrogens with zero attached hydrogens (tertiary/aromatic N) is 5. The van der Waals surface area contributed by atoms with Gasteiger partial charge in [0.15, 0.2) is 11.0 Å². The number of carbonyl (C=O) groups excluding carboxylic acids is 2. The molecule has 3 fully saturated rings. The molecule has 0 spiro atoms. The molecule has 47 heavy (non-hydrogen) atoms. The number of ether oxygens (including phenoxy) is 4. The van der Waals surface area contributed by atoms with E-state index in [2.05, 4.69) is 32.1 Å². The quantitative estimate of drug-likeness (QED) is 0.259. The number of thiazole rings is 1. The number of aliphatic hydroxyl groups excluding tert-OH is 1. The number of benzene rings is 1. The normalized spacial score (nSPS) is 24.8. The Morgan fingerprint density at radius 1 is 1.11 bits per heavy atom. The second kappa shape index (κ2) is 15.3. The summed E-state index contributed by atoms with van der Waals surface area (Å²) in [6.07, 6.45) is 7.06. The van der Waals surface area contributed by atoms with Crippen LogP contribution in [0.3, 0.4) is 0 Å². The molecular weight excluding hydrogens is 624 g/mol. The van der Waals surface area contributed by atoms with Gasteiger partial charge >= 0.3 is 0 Å². The standard InChI is InChI=1S/C33H44N6O7S/c1-20-17-38(29(41)19-45-12-11-43-2)9-10-39(20)23-13-21(14-23)32(42)37-33-36-25-8-7-24(30(44-3)31(25)47-33)22-15-34-28(35-16-22)18-46-27-6-4-5-26(27)40/h7-8,15-16,20-21,23,26-27,40H,4-6,9-14,17-19H2,1-3H3,(H,36,37,42)/t20-,21?,23?,26-,27-/m0/s1. The molecule has 13 nitrogen and oxygen atoms in total. The predicted octanol–water partition coefficient (Wildman–Crippen LogP) is 3.10. The van der Waals surface area contributed by atoms with Crippen molar-refractivity contribution in [1.82, 2.24) is 24.8 Å². The van der Waals surface area contributed by atoms with E-state index in [0.717, 1.165) is 60.0 Å². The Hall–Kier alpha value is -3.27. The molecule has 1 aliphatic heterocycles. The second-order valence-electron chi connectivity index (χ2n) is 12.5. The minimum absolute atomic E-state index is 0.00590. The molecule has 3 aromatic rings. The fourth-order valence-electron chi connectivity index (χ4n) is 6.72. The molecule has 14 heteroatoms. The average molecular weight is 669 g/mol. The highest BCUT2D eigenvalue weighted by molar-refractivity contribution is 7.22. The number of aromatic nitrogens is 3. The highest BCUT2D eigenvalue weighted by Gasteiger charge is 2.41. The van der Waals surface area contributed by atoms with Crippen LogP contribution in [0.5, 0.6) is 5.75 Å². The van der Waals surface area contributed by atoms with Crippen molar-refractivity contribution in [3.8, 4) is 16.9 Å². The van der Waals surface area contributed by atoms with Crippen LogP contribution in [0.2, 0.25) is 0 Å². The van der Waals surface area contributed by atoms with Gasteiger partial charge in [-0.1, -0.05) is 11.3 Å². The van der Waals surface area contributed by atoms with Crippen LogP contribution in [0.15, 0.2) is 24.5 Å². The third-order valence-corrected chi connectivity index (χ3v) is 10.4. The number of rotatable bonds is 13. The smallest absolute Gasteiger partial charge is 0.248 e. The maximum Gasteiger partial charge on any atom is 0.248 e. The first-order chi connectivity index (χ1) is 22.8. The van der Waals surface area contributed by atoms with Crippen molar-refractivity contribution in [2.75, 3.05) is 59.0 Å². The lowest BCUT2D eigenvalue weighted by molar-refractivity contribution is -0.141. The highest BCUT2D eigenvalue weighted by Crippen LogP contribution is 2.41. The molecule has 2 aliphatic carbocycles. The molecule has 1 aromatic carbocycles. The summed E-state index contributed by atoms with van der Waals surface area (Å²) in [5, 5.41) is 13.6. The van der Waals surface area contributed by atoms with Gasteiger partial charge in [-0.25, -0.2) is 15.0 Å². The van der Waals surface area contributed by atoms with E-state index in [1.54, 1.807) is 26.6 Å². The molecule has 0 radical (unpaired) electrons. The van der Waals surface area contributed by atoms with Crippen molar-refractivity contribution in [1.29, 1.82) is 0 Å². The monoisotopic (exact) mass is 668 g/mol. The van der Waals surface area contributed by atoms with Gasteiger partial charge in [0.2, 0.25) is 11.8 Å². The third kappa shape index (κ3) is 7.74. The van der Waals surface area contributed by atoms with Crippen LogP contribution in [0.1, 0.15) is 44.9 Å². The predicted molar refractivity (Wildman–Crippen MR) is 176 cm³/mol. The van der Waals surface area contributed by atoms with Gasteiger partial charge in [0, 0.05) is 68.3 Å². The zero-order valence-electron chi connectivity index (χ0n) is 27.2. The van der Waals surface area contributed by atoms with E-state index in [0.29, 0.717) is 49.1 Å². The summed E-state index contributed by atoms with van der Waals surface area (Å²) in [5.74, 6) is 1.11. The zero-order chi connectivity index (χ0) is 32.9. The van der Waals surface area contributed by atoms with Crippen molar-refractivity contribution in [2.45, 2.75) is 69.9 Å². The third-order valence-electron chi connectivity index (χ3n) is 9.45. The fourth-order valence-corrected chi connectivity index (χ4v) is 7.71. The van der Waals surface area contributed by atoms with E-state index in [-0.39, 0.29) is 43.1 Å². The first-order valence-corrected chi connectivity index (χ1v) is 17.2. The van der Waals surface area contributed by atoms with Crippen LogP contribution >= 0.6 is 11.3 Å². The summed E-state index contributed by atoms with van der Waals surface area (Å²) in [5.41, 5.74) is 2.36.